The Labute approximate surface area is 175 Å². The summed E-state index contributed by atoms with van der Waals surface area (Å²) in [4.78, 5) is 16.7. The molecule has 0 unspecified atom stereocenters. The summed E-state index contributed by atoms with van der Waals surface area (Å²) in [6, 6.07) is 8.05. The van der Waals surface area contributed by atoms with E-state index in [2.05, 4.69) is 4.90 Å². The van der Waals surface area contributed by atoms with Crippen LogP contribution in [0.15, 0.2) is 24.3 Å². The Hall–Kier alpha value is -1.79. The van der Waals surface area contributed by atoms with E-state index in [0.29, 0.717) is 18.6 Å². The molecule has 2 atom stereocenters. The van der Waals surface area contributed by atoms with Crippen molar-refractivity contribution < 1.29 is 19.4 Å². The molecule has 3 rings (SSSR count). The molecule has 0 bridgehead atoms. The molecule has 6 heteroatoms. The first-order valence-electron chi connectivity index (χ1n) is 10.9. The predicted octanol–water partition coefficient (Wildman–Crippen LogP) is 3.92. The van der Waals surface area contributed by atoms with Crippen LogP contribution in [0.1, 0.15) is 53.0 Å². The number of piperidine rings is 1. The highest BCUT2D eigenvalue weighted by Crippen LogP contribution is 2.27. The summed E-state index contributed by atoms with van der Waals surface area (Å²) in [7, 11) is 0. The van der Waals surface area contributed by atoms with Crippen molar-refractivity contribution in [2.24, 2.45) is 5.92 Å². The number of benzene rings is 1. The SMILES string of the molecule is CC.CC(C)(C)OC(=O)N1CCN2C[C@@H](COc3cccc(CO)c3)CC[C@H]2C1. The summed E-state index contributed by atoms with van der Waals surface area (Å²) in [6.45, 7) is 13.8. The molecule has 0 radical (unpaired) electrons. The molecule has 2 heterocycles. The van der Waals surface area contributed by atoms with Gasteiger partial charge in [0.15, 0.2) is 0 Å². The van der Waals surface area contributed by atoms with Crippen LogP contribution >= 0.6 is 0 Å². The highest BCUT2D eigenvalue weighted by molar-refractivity contribution is 5.68. The highest BCUT2D eigenvalue weighted by atomic mass is 16.6. The number of fused-ring (bicyclic) bond motifs is 1. The Morgan fingerprint density at radius 3 is 2.62 bits per heavy atom. The number of hydrogen-bond donors (Lipinski definition) is 1. The highest BCUT2D eigenvalue weighted by Gasteiger charge is 2.35. The van der Waals surface area contributed by atoms with E-state index in [1.165, 1.54) is 0 Å². The van der Waals surface area contributed by atoms with Gasteiger partial charge in [-0.2, -0.15) is 0 Å². The quantitative estimate of drug-likeness (QED) is 0.821. The number of nitrogens with zero attached hydrogens (tertiary/aromatic N) is 2. The number of aliphatic hydroxyl groups is 1. The number of rotatable bonds is 4. The van der Waals surface area contributed by atoms with Crippen molar-refractivity contribution in [1.29, 1.82) is 0 Å². The third-order valence-corrected chi connectivity index (χ3v) is 5.22. The van der Waals surface area contributed by atoms with Gasteiger partial charge in [0.2, 0.25) is 0 Å². The standard InChI is InChI=1S/C21H32N2O4.C2H6/c1-21(2,3)27-20(25)23-10-9-22-12-17(7-8-18(22)13-23)15-26-19-6-4-5-16(11-19)14-24;1-2/h4-6,11,17-18,24H,7-10,12-15H2,1-3H3;1-2H3/t17-,18-;/m0./s1. The van der Waals surface area contributed by atoms with E-state index in [9.17, 15) is 9.90 Å². The van der Waals surface area contributed by atoms with Crippen molar-refractivity contribution in [2.75, 3.05) is 32.8 Å². The predicted molar refractivity (Wildman–Crippen MR) is 115 cm³/mol. The van der Waals surface area contributed by atoms with E-state index in [1.807, 2.05) is 63.8 Å². The lowest BCUT2D eigenvalue weighted by Crippen LogP contribution is -2.58. The smallest absolute Gasteiger partial charge is 0.410 e. The number of piperazine rings is 1. The second-order valence-corrected chi connectivity index (χ2v) is 8.64. The van der Waals surface area contributed by atoms with Gasteiger partial charge in [0.1, 0.15) is 11.4 Å². The van der Waals surface area contributed by atoms with Crippen LogP contribution in [0.25, 0.3) is 0 Å². The molecule has 1 N–H and O–H groups in total. The molecule has 29 heavy (non-hydrogen) atoms. The fourth-order valence-corrected chi connectivity index (χ4v) is 3.83. The number of amides is 1. The van der Waals surface area contributed by atoms with Gasteiger partial charge in [-0.3, -0.25) is 4.90 Å². The average molecular weight is 407 g/mol. The molecule has 1 aromatic carbocycles. The van der Waals surface area contributed by atoms with Crippen molar-refractivity contribution in [1.82, 2.24) is 9.80 Å². The third-order valence-electron chi connectivity index (χ3n) is 5.22. The maximum absolute atomic E-state index is 12.3. The second-order valence-electron chi connectivity index (χ2n) is 8.64. The summed E-state index contributed by atoms with van der Waals surface area (Å²) >= 11 is 0. The van der Waals surface area contributed by atoms with E-state index in [4.69, 9.17) is 9.47 Å². The zero-order valence-corrected chi connectivity index (χ0v) is 18.7. The molecular weight excluding hydrogens is 368 g/mol. The largest absolute Gasteiger partial charge is 0.493 e. The third kappa shape index (κ3) is 7.19. The maximum Gasteiger partial charge on any atom is 0.410 e. The van der Waals surface area contributed by atoms with E-state index < -0.39 is 5.60 Å². The van der Waals surface area contributed by atoms with Crippen LogP contribution in [0.3, 0.4) is 0 Å². The number of hydrogen-bond acceptors (Lipinski definition) is 5. The molecule has 164 valence electrons. The lowest BCUT2D eigenvalue weighted by atomic mass is 9.91. The number of aliphatic hydroxyl groups excluding tert-OH is 1. The van der Waals surface area contributed by atoms with Gasteiger partial charge in [-0.25, -0.2) is 4.79 Å². The minimum absolute atomic E-state index is 0.0320. The molecule has 0 aromatic heterocycles. The van der Waals surface area contributed by atoms with Crippen molar-refractivity contribution in [3.8, 4) is 5.75 Å². The molecular formula is C23H38N2O4. The van der Waals surface area contributed by atoms with Gasteiger partial charge in [0, 0.05) is 38.1 Å². The monoisotopic (exact) mass is 406 g/mol. The Morgan fingerprint density at radius 2 is 1.93 bits per heavy atom. The molecule has 0 aliphatic carbocycles. The lowest BCUT2D eigenvalue weighted by molar-refractivity contribution is -0.0122. The topological polar surface area (TPSA) is 62.2 Å². The Kier molecular flexibility index (Phi) is 8.78. The van der Waals surface area contributed by atoms with E-state index in [0.717, 1.165) is 50.3 Å². The first-order chi connectivity index (χ1) is 13.8. The average Bonchev–Trinajstić information content (AvgIpc) is 2.72. The molecule has 0 spiro atoms. The molecule has 2 fully saturated rings. The van der Waals surface area contributed by atoms with Crippen LogP contribution in [0.5, 0.6) is 5.75 Å². The minimum Gasteiger partial charge on any atom is -0.493 e. The normalized spacial score (nSPS) is 22.2. The number of carbonyl (C=O) groups is 1. The van der Waals surface area contributed by atoms with Gasteiger partial charge < -0.3 is 19.5 Å². The van der Waals surface area contributed by atoms with E-state index in [-0.39, 0.29) is 12.7 Å². The van der Waals surface area contributed by atoms with Crippen molar-refractivity contribution >= 4 is 6.09 Å². The second kappa shape index (κ2) is 10.8. The van der Waals surface area contributed by atoms with Crippen LogP contribution in [0.2, 0.25) is 0 Å². The van der Waals surface area contributed by atoms with E-state index in [1.54, 1.807) is 0 Å². The Morgan fingerprint density at radius 1 is 1.17 bits per heavy atom. The number of ether oxygens (including phenoxy) is 2. The van der Waals surface area contributed by atoms with Crippen LogP contribution in [-0.4, -0.2) is 65.4 Å². The molecule has 2 saturated heterocycles. The van der Waals surface area contributed by atoms with Gasteiger partial charge in [-0.15, -0.1) is 0 Å². The fraction of sp³-hybridized carbons (Fsp3) is 0.696. The molecule has 2 aliphatic heterocycles. The van der Waals surface area contributed by atoms with Gasteiger partial charge in [0.05, 0.1) is 13.2 Å². The van der Waals surface area contributed by atoms with E-state index >= 15 is 0 Å². The fourth-order valence-electron chi connectivity index (χ4n) is 3.83. The summed E-state index contributed by atoms with van der Waals surface area (Å²) in [5.74, 6) is 1.31. The van der Waals surface area contributed by atoms with Crippen molar-refractivity contribution in [3.05, 3.63) is 29.8 Å². The van der Waals surface area contributed by atoms with Crippen LogP contribution in [0.4, 0.5) is 4.79 Å². The van der Waals surface area contributed by atoms with Crippen molar-refractivity contribution in [2.45, 2.75) is 65.7 Å². The first-order valence-corrected chi connectivity index (χ1v) is 10.9. The van der Waals surface area contributed by atoms with Crippen LogP contribution in [0, 0.1) is 5.92 Å². The van der Waals surface area contributed by atoms with Gasteiger partial charge in [0.25, 0.3) is 0 Å². The molecule has 6 nitrogen and oxygen atoms in total. The Balaban J connectivity index is 0.00000145. The summed E-state index contributed by atoms with van der Waals surface area (Å²) < 4.78 is 11.5. The van der Waals surface area contributed by atoms with Gasteiger partial charge in [-0.05, 0) is 51.3 Å². The maximum atomic E-state index is 12.3. The zero-order valence-electron chi connectivity index (χ0n) is 18.7. The summed E-state index contributed by atoms with van der Waals surface area (Å²) in [5, 5.41) is 9.23. The minimum atomic E-state index is -0.448. The molecule has 1 aromatic rings. The lowest BCUT2D eigenvalue weighted by Gasteiger charge is -2.46. The van der Waals surface area contributed by atoms with Crippen LogP contribution < -0.4 is 4.74 Å². The van der Waals surface area contributed by atoms with Crippen molar-refractivity contribution in [3.63, 3.8) is 0 Å². The summed E-state index contributed by atoms with van der Waals surface area (Å²) in [6.07, 6.45) is 1.98. The number of carbonyl (C=O) groups excluding carboxylic acids is 1. The Bertz CT molecular complexity index is 644. The zero-order chi connectivity index (χ0) is 21.4. The van der Waals surface area contributed by atoms with Crippen LogP contribution in [-0.2, 0) is 11.3 Å². The van der Waals surface area contributed by atoms with Gasteiger partial charge in [-0.1, -0.05) is 26.0 Å². The molecule has 2 aliphatic rings. The first kappa shape index (κ1) is 23.5. The molecule has 1 amide bonds. The van der Waals surface area contributed by atoms with Gasteiger partial charge >= 0.3 is 6.09 Å². The molecule has 0 saturated carbocycles. The summed E-state index contributed by atoms with van der Waals surface area (Å²) in [5.41, 5.74) is 0.422.